The van der Waals surface area contributed by atoms with Crippen molar-refractivity contribution >= 4 is 29.3 Å². The Labute approximate surface area is 276 Å². The summed E-state index contributed by atoms with van der Waals surface area (Å²) in [5.74, 6) is 1.60. The Bertz CT molecular complexity index is 1760. The van der Waals surface area contributed by atoms with Crippen LogP contribution in [0.5, 0.6) is 0 Å². The van der Waals surface area contributed by atoms with E-state index < -0.39 is 11.2 Å². The molecule has 10 heteroatoms. The number of fused-ring (bicyclic) bond motifs is 1. The maximum Gasteiger partial charge on any atom is 0.410 e. The van der Waals surface area contributed by atoms with Crippen molar-refractivity contribution in [2.24, 2.45) is 0 Å². The molecule has 2 fully saturated rings. The van der Waals surface area contributed by atoms with Crippen LogP contribution in [-0.2, 0) is 15.9 Å². The number of carbonyl (C=O) groups is 2. The SMILES string of the molecule is CC(C)(C)OC(=O)N1CCC[C@H]1c1ncc(-c2ccc(/C=C/Cc3ccc4nc([C@@H]5CCCN5C(=O)OC(C)(C)C)[nH]c4c3)cc2)[nH]1. The van der Waals surface area contributed by atoms with E-state index in [0.717, 1.165) is 71.6 Å². The number of hydrogen-bond donors (Lipinski definition) is 2. The molecule has 2 aromatic carbocycles. The van der Waals surface area contributed by atoms with Gasteiger partial charge in [0.1, 0.15) is 22.9 Å². The second kappa shape index (κ2) is 12.9. The fourth-order valence-corrected chi connectivity index (χ4v) is 6.30. The van der Waals surface area contributed by atoms with Crippen LogP contribution in [0.25, 0.3) is 28.4 Å². The molecule has 2 N–H and O–H groups in total. The van der Waals surface area contributed by atoms with E-state index >= 15 is 0 Å². The smallest absolute Gasteiger partial charge is 0.410 e. The van der Waals surface area contributed by atoms with Gasteiger partial charge >= 0.3 is 12.2 Å². The van der Waals surface area contributed by atoms with Gasteiger partial charge in [0.25, 0.3) is 0 Å². The number of allylic oxidation sites excluding steroid dienone is 1. The van der Waals surface area contributed by atoms with E-state index in [4.69, 9.17) is 14.5 Å². The van der Waals surface area contributed by atoms with Gasteiger partial charge in [-0.25, -0.2) is 19.6 Å². The van der Waals surface area contributed by atoms with Gasteiger partial charge in [0.05, 0.1) is 35.0 Å². The Balaban J connectivity index is 1.07. The molecule has 6 rings (SSSR count). The van der Waals surface area contributed by atoms with Gasteiger partial charge in [-0.05, 0) is 102 Å². The standard InChI is InChI=1S/C37H46N6O4/c1-36(2,3)46-34(44)42-20-8-12-30(42)32-38-23-29(41-32)26-17-14-24(15-18-26)10-7-11-25-16-19-27-28(22-25)40-33(39-27)31-13-9-21-43(31)35(45)47-37(4,5)6/h7,10,14-19,22-23,30-31H,8-9,11-13,20-21H2,1-6H3,(H,38,41)(H,39,40)/b10-7+/t30-,31-/m0/s1. The van der Waals surface area contributed by atoms with Crippen LogP contribution in [0.1, 0.15) is 102 Å². The number of H-pyrrole nitrogens is 2. The van der Waals surface area contributed by atoms with Crippen molar-refractivity contribution in [1.82, 2.24) is 29.7 Å². The molecular weight excluding hydrogens is 592 g/mol. The topological polar surface area (TPSA) is 116 Å². The lowest BCUT2D eigenvalue weighted by Gasteiger charge is -2.27. The molecule has 2 atom stereocenters. The third-order valence-electron chi connectivity index (χ3n) is 8.44. The first-order valence-corrected chi connectivity index (χ1v) is 16.6. The van der Waals surface area contributed by atoms with E-state index in [1.165, 1.54) is 5.56 Å². The molecule has 2 aromatic heterocycles. The van der Waals surface area contributed by atoms with Crippen molar-refractivity contribution in [2.45, 2.75) is 96.9 Å². The van der Waals surface area contributed by atoms with E-state index in [-0.39, 0.29) is 24.3 Å². The highest BCUT2D eigenvalue weighted by atomic mass is 16.6. The first kappa shape index (κ1) is 32.3. The summed E-state index contributed by atoms with van der Waals surface area (Å²) in [4.78, 5) is 45.5. The van der Waals surface area contributed by atoms with Crippen molar-refractivity contribution in [3.63, 3.8) is 0 Å². The maximum absolute atomic E-state index is 12.8. The summed E-state index contributed by atoms with van der Waals surface area (Å²) in [5, 5.41) is 0. The second-order valence-corrected chi connectivity index (χ2v) is 14.5. The first-order chi connectivity index (χ1) is 22.3. The number of rotatable bonds is 6. The Morgan fingerprint density at radius 2 is 1.47 bits per heavy atom. The number of ether oxygens (including phenoxy) is 2. The molecule has 4 aromatic rings. The number of aromatic nitrogens is 4. The number of carbonyl (C=O) groups excluding carboxylic acids is 2. The Morgan fingerprint density at radius 1 is 0.851 bits per heavy atom. The molecule has 4 heterocycles. The molecule has 0 radical (unpaired) electrons. The van der Waals surface area contributed by atoms with Gasteiger partial charge in [-0.2, -0.15) is 0 Å². The number of nitrogens with zero attached hydrogens (tertiary/aromatic N) is 4. The lowest BCUT2D eigenvalue weighted by molar-refractivity contribution is 0.0208. The minimum atomic E-state index is -0.532. The highest BCUT2D eigenvalue weighted by Gasteiger charge is 2.36. The van der Waals surface area contributed by atoms with Crippen LogP contribution in [0.3, 0.4) is 0 Å². The molecule has 10 nitrogen and oxygen atoms in total. The molecular formula is C37H46N6O4. The highest BCUT2D eigenvalue weighted by Crippen LogP contribution is 2.34. The van der Waals surface area contributed by atoms with Crippen molar-refractivity contribution in [1.29, 1.82) is 0 Å². The summed E-state index contributed by atoms with van der Waals surface area (Å²) >= 11 is 0. The Hall–Kier alpha value is -4.60. The molecule has 2 aliphatic rings. The molecule has 0 spiro atoms. The van der Waals surface area contributed by atoms with Crippen LogP contribution >= 0.6 is 0 Å². The van der Waals surface area contributed by atoms with Gasteiger partial charge in [0.15, 0.2) is 0 Å². The summed E-state index contributed by atoms with van der Waals surface area (Å²) in [6.07, 6.45) is 9.89. The molecule has 0 bridgehead atoms. The Kier molecular flexibility index (Phi) is 8.87. The quantitative estimate of drug-likeness (QED) is 0.219. The third-order valence-corrected chi connectivity index (χ3v) is 8.44. The molecule has 2 aliphatic heterocycles. The van der Waals surface area contributed by atoms with Gasteiger partial charge < -0.3 is 19.4 Å². The molecule has 2 amide bonds. The first-order valence-electron chi connectivity index (χ1n) is 16.6. The zero-order chi connectivity index (χ0) is 33.3. The summed E-state index contributed by atoms with van der Waals surface area (Å²) in [6.45, 7) is 12.7. The minimum Gasteiger partial charge on any atom is -0.444 e. The number of imidazole rings is 2. The second-order valence-electron chi connectivity index (χ2n) is 14.5. The number of benzene rings is 2. The average Bonchev–Trinajstić information content (AvgIpc) is 3.81. The molecule has 0 unspecified atom stereocenters. The van der Waals surface area contributed by atoms with Gasteiger partial charge in [0, 0.05) is 13.1 Å². The predicted molar refractivity (Wildman–Crippen MR) is 183 cm³/mol. The van der Waals surface area contributed by atoms with Crippen molar-refractivity contribution in [3.05, 3.63) is 77.5 Å². The molecule has 0 aliphatic carbocycles. The lowest BCUT2D eigenvalue weighted by Crippen LogP contribution is -2.36. The van der Waals surface area contributed by atoms with E-state index in [1.807, 2.05) is 53.8 Å². The van der Waals surface area contributed by atoms with E-state index in [1.54, 1.807) is 9.80 Å². The lowest BCUT2D eigenvalue weighted by atomic mass is 10.1. The van der Waals surface area contributed by atoms with Crippen molar-refractivity contribution in [2.75, 3.05) is 13.1 Å². The summed E-state index contributed by atoms with van der Waals surface area (Å²) in [7, 11) is 0. The number of aromatic amines is 2. The highest BCUT2D eigenvalue weighted by molar-refractivity contribution is 5.77. The largest absolute Gasteiger partial charge is 0.444 e. The van der Waals surface area contributed by atoms with Gasteiger partial charge in [-0.3, -0.25) is 9.80 Å². The summed E-state index contributed by atoms with van der Waals surface area (Å²) in [6, 6.07) is 14.4. The number of amides is 2. The zero-order valence-corrected chi connectivity index (χ0v) is 28.3. The normalized spacial score (nSPS) is 18.9. The van der Waals surface area contributed by atoms with Gasteiger partial charge in [-0.1, -0.05) is 42.5 Å². The predicted octanol–water partition coefficient (Wildman–Crippen LogP) is 8.35. The third kappa shape index (κ3) is 7.69. The van der Waals surface area contributed by atoms with Gasteiger partial charge in [0.2, 0.25) is 0 Å². The van der Waals surface area contributed by atoms with E-state index in [9.17, 15) is 9.59 Å². The average molecular weight is 639 g/mol. The Morgan fingerprint density at radius 3 is 2.09 bits per heavy atom. The van der Waals surface area contributed by atoms with Crippen molar-refractivity contribution < 1.29 is 19.1 Å². The number of nitrogens with one attached hydrogen (secondary N) is 2. The summed E-state index contributed by atoms with van der Waals surface area (Å²) < 4.78 is 11.3. The van der Waals surface area contributed by atoms with Crippen LogP contribution in [0.15, 0.2) is 54.7 Å². The fourth-order valence-electron chi connectivity index (χ4n) is 6.30. The molecule has 248 valence electrons. The number of likely N-dealkylation sites (tertiary alicyclic amines) is 2. The fraction of sp³-hybridized carbons (Fsp3) is 0.459. The van der Waals surface area contributed by atoms with Crippen LogP contribution < -0.4 is 0 Å². The van der Waals surface area contributed by atoms with Crippen molar-refractivity contribution in [3.8, 4) is 11.3 Å². The monoisotopic (exact) mass is 638 g/mol. The van der Waals surface area contributed by atoms with Gasteiger partial charge in [-0.15, -0.1) is 0 Å². The van der Waals surface area contributed by atoms with E-state index in [0.29, 0.717) is 13.1 Å². The molecule has 47 heavy (non-hydrogen) atoms. The van der Waals surface area contributed by atoms with E-state index in [2.05, 4.69) is 63.5 Å². The number of hydrogen-bond acceptors (Lipinski definition) is 6. The van der Waals surface area contributed by atoms with Crippen LogP contribution in [0.4, 0.5) is 9.59 Å². The maximum atomic E-state index is 12.8. The molecule has 2 saturated heterocycles. The van der Waals surface area contributed by atoms with Crippen LogP contribution in [0.2, 0.25) is 0 Å². The zero-order valence-electron chi connectivity index (χ0n) is 28.3. The van der Waals surface area contributed by atoms with Crippen LogP contribution in [-0.4, -0.2) is 66.2 Å². The molecule has 0 saturated carbocycles. The minimum absolute atomic E-state index is 0.105. The van der Waals surface area contributed by atoms with Crippen LogP contribution in [0, 0.1) is 0 Å². The summed E-state index contributed by atoms with van der Waals surface area (Å²) in [5.41, 5.74) is 5.04.